The molecular formula is C9H12N4O2S. The van der Waals surface area contributed by atoms with Gasteiger partial charge < -0.3 is 9.84 Å². The quantitative estimate of drug-likeness (QED) is 0.259. The Morgan fingerprint density at radius 2 is 2.38 bits per heavy atom. The van der Waals surface area contributed by atoms with Crippen molar-refractivity contribution in [1.82, 2.24) is 10.9 Å². The molecule has 0 unspecified atom stereocenters. The van der Waals surface area contributed by atoms with Gasteiger partial charge in [0, 0.05) is 0 Å². The fourth-order valence-corrected chi connectivity index (χ4v) is 1.02. The van der Waals surface area contributed by atoms with Gasteiger partial charge in [-0.3, -0.25) is 10.9 Å². The summed E-state index contributed by atoms with van der Waals surface area (Å²) in [6.07, 6.45) is 1.52. The Kier molecular flexibility index (Phi) is 4.49. The molecule has 0 radical (unpaired) electrons. The lowest BCUT2D eigenvalue weighted by atomic mass is 10.2. The molecule has 0 aliphatic carbocycles. The molecule has 0 heterocycles. The minimum atomic E-state index is 0.0757. The zero-order chi connectivity index (χ0) is 12.0. The van der Waals surface area contributed by atoms with Gasteiger partial charge in [0.15, 0.2) is 11.5 Å². The van der Waals surface area contributed by atoms with Crippen molar-refractivity contribution in [3.8, 4) is 11.5 Å². The first-order valence-corrected chi connectivity index (χ1v) is 4.75. The zero-order valence-electron chi connectivity index (χ0n) is 8.60. The molecule has 7 heteroatoms. The second-order valence-electron chi connectivity index (χ2n) is 2.77. The van der Waals surface area contributed by atoms with Crippen molar-refractivity contribution >= 4 is 23.5 Å². The molecule has 0 fully saturated rings. The molecule has 0 atom stereocenters. The van der Waals surface area contributed by atoms with Gasteiger partial charge in [-0.15, -0.1) is 0 Å². The zero-order valence-corrected chi connectivity index (χ0v) is 9.41. The van der Waals surface area contributed by atoms with Crippen LogP contribution < -0.4 is 21.4 Å². The van der Waals surface area contributed by atoms with E-state index < -0.39 is 0 Å². The van der Waals surface area contributed by atoms with E-state index in [1.165, 1.54) is 19.4 Å². The first-order valence-electron chi connectivity index (χ1n) is 4.34. The smallest absolute Gasteiger partial charge is 0.201 e. The van der Waals surface area contributed by atoms with E-state index in [9.17, 15) is 5.11 Å². The van der Waals surface area contributed by atoms with Crippen LogP contribution in [-0.2, 0) is 0 Å². The summed E-state index contributed by atoms with van der Waals surface area (Å²) in [6, 6.07) is 4.83. The van der Waals surface area contributed by atoms with Crippen molar-refractivity contribution in [1.29, 1.82) is 0 Å². The molecule has 0 saturated heterocycles. The van der Waals surface area contributed by atoms with Crippen LogP contribution in [-0.4, -0.2) is 23.5 Å². The van der Waals surface area contributed by atoms with Gasteiger partial charge in [-0.1, -0.05) is 0 Å². The maximum atomic E-state index is 9.35. The molecule has 1 rings (SSSR count). The number of methoxy groups -OCH3 is 1. The van der Waals surface area contributed by atoms with Crippen LogP contribution in [0.4, 0.5) is 0 Å². The monoisotopic (exact) mass is 240 g/mol. The number of hydrogen-bond donors (Lipinski definition) is 4. The van der Waals surface area contributed by atoms with E-state index in [-0.39, 0.29) is 10.9 Å². The molecule has 0 amide bonds. The standard InChI is InChI=1S/C9H12N4O2S/c1-15-8-4-6(2-3-7(8)14)5-11-13-9(16)12-10/h2-5,14H,10H2,1H3,(H2,12,13,16)/b11-5+. The average molecular weight is 240 g/mol. The maximum Gasteiger partial charge on any atom is 0.201 e. The second kappa shape index (κ2) is 5.89. The Morgan fingerprint density at radius 1 is 1.62 bits per heavy atom. The predicted octanol–water partition coefficient (Wildman–Crippen LogP) is 0.0725. The second-order valence-corrected chi connectivity index (χ2v) is 3.18. The number of phenols is 1. The minimum absolute atomic E-state index is 0.0757. The van der Waals surface area contributed by atoms with Crippen LogP contribution in [0.2, 0.25) is 0 Å². The van der Waals surface area contributed by atoms with Crippen LogP contribution >= 0.6 is 12.2 Å². The van der Waals surface area contributed by atoms with Crippen molar-refractivity contribution in [2.75, 3.05) is 7.11 Å². The van der Waals surface area contributed by atoms with Gasteiger partial charge in [0.25, 0.3) is 0 Å². The number of phenolic OH excluding ortho intramolecular Hbond substituents is 1. The highest BCUT2D eigenvalue weighted by Crippen LogP contribution is 2.25. The Hall–Kier alpha value is -1.86. The van der Waals surface area contributed by atoms with E-state index in [1.807, 2.05) is 0 Å². The van der Waals surface area contributed by atoms with E-state index in [4.69, 9.17) is 22.8 Å². The summed E-state index contributed by atoms with van der Waals surface area (Å²) < 4.78 is 4.94. The summed E-state index contributed by atoms with van der Waals surface area (Å²) in [4.78, 5) is 0. The van der Waals surface area contributed by atoms with Crippen LogP contribution in [0, 0.1) is 0 Å². The third-order valence-electron chi connectivity index (χ3n) is 1.71. The Morgan fingerprint density at radius 3 is 3.00 bits per heavy atom. The molecule has 0 bridgehead atoms. The van der Waals surface area contributed by atoms with Gasteiger partial charge in [0.1, 0.15) is 0 Å². The average Bonchev–Trinajstić information content (AvgIpc) is 2.31. The molecule has 6 nitrogen and oxygen atoms in total. The minimum Gasteiger partial charge on any atom is -0.504 e. The highest BCUT2D eigenvalue weighted by atomic mass is 32.1. The first-order chi connectivity index (χ1) is 7.67. The van der Waals surface area contributed by atoms with Crippen LogP contribution in [0.25, 0.3) is 0 Å². The van der Waals surface area contributed by atoms with Gasteiger partial charge in [0.2, 0.25) is 5.11 Å². The van der Waals surface area contributed by atoms with Gasteiger partial charge in [-0.2, -0.15) is 5.10 Å². The van der Waals surface area contributed by atoms with Crippen LogP contribution in [0.1, 0.15) is 5.56 Å². The molecule has 0 saturated carbocycles. The summed E-state index contributed by atoms with van der Waals surface area (Å²) in [5, 5.41) is 13.4. The molecule has 0 aromatic heterocycles. The Balaban J connectivity index is 2.70. The van der Waals surface area contributed by atoms with Gasteiger partial charge in [-0.05, 0) is 36.0 Å². The summed E-state index contributed by atoms with van der Waals surface area (Å²) >= 11 is 4.71. The number of nitrogens with one attached hydrogen (secondary N) is 2. The molecule has 0 aliphatic rings. The summed E-state index contributed by atoms with van der Waals surface area (Å²) in [7, 11) is 1.47. The van der Waals surface area contributed by atoms with Crippen molar-refractivity contribution in [2.24, 2.45) is 10.9 Å². The van der Waals surface area contributed by atoms with Crippen molar-refractivity contribution < 1.29 is 9.84 Å². The van der Waals surface area contributed by atoms with E-state index in [1.54, 1.807) is 12.1 Å². The lowest BCUT2D eigenvalue weighted by molar-refractivity contribution is 0.373. The van der Waals surface area contributed by atoms with Gasteiger partial charge in [-0.25, -0.2) is 5.84 Å². The molecule has 5 N–H and O–H groups in total. The third kappa shape index (κ3) is 3.37. The highest BCUT2D eigenvalue weighted by molar-refractivity contribution is 7.80. The molecule has 0 spiro atoms. The van der Waals surface area contributed by atoms with E-state index in [0.717, 1.165) is 5.56 Å². The van der Waals surface area contributed by atoms with E-state index in [2.05, 4.69) is 16.0 Å². The van der Waals surface area contributed by atoms with Crippen molar-refractivity contribution in [3.63, 3.8) is 0 Å². The van der Waals surface area contributed by atoms with Crippen LogP contribution in [0.3, 0.4) is 0 Å². The molecular weight excluding hydrogens is 228 g/mol. The summed E-state index contributed by atoms with van der Waals surface area (Å²) in [6.45, 7) is 0. The van der Waals surface area contributed by atoms with Crippen LogP contribution in [0.5, 0.6) is 11.5 Å². The number of hydrazone groups is 1. The topological polar surface area (TPSA) is 91.9 Å². The summed E-state index contributed by atoms with van der Waals surface area (Å²) in [5.41, 5.74) is 5.47. The maximum absolute atomic E-state index is 9.35. The molecule has 1 aromatic rings. The van der Waals surface area contributed by atoms with Crippen LogP contribution in [0.15, 0.2) is 23.3 Å². The fraction of sp³-hybridized carbons (Fsp3) is 0.111. The van der Waals surface area contributed by atoms with Crippen molar-refractivity contribution in [3.05, 3.63) is 23.8 Å². The van der Waals surface area contributed by atoms with Crippen molar-refractivity contribution in [2.45, 2.75) is 0 Å². The Labute approximate surface area is 98.1 Å². The van der Waals surface area contributed by atoms with Gasteiger partial charge >= 0.3 is 0 Å². The molecule has 86 valence electrons. The highest BCUT2D eigenvalue weighted by Gasteiger charge is 2.00. The largest absolute Gasteiger partial charge is 0.504 e. The number of thiocarbonyl (C=S) groups is 1. The number of nitrogens with zero attached hydrogens (tertiary/aromatic N) is 1. The number of aromatic hydroxyl groups is 1. The lowest BCUT2D eigenvalue weighted by Crippen LogP contribution is -2.37. The molecule has 0 aliphatic heterocycles. The summed E-state index contributed by atoms with van der Waals surface area (Å²) in [5.74, 6) is 5.49. The van der Waals surface area contributed by atoms with E-state index >= 15 is 0 Å². The lowest BCUT2D eigenvalue weighted by Gasteiger charge is -2.03. The number of nitrogens with two attached hydrogens (primary N) is 1. The number of hydrazine groups is 1. The predicted molar refractivity (Wildman–Crippen MR) is 65.3 cm³/mol. The third-order valence-corrected chi connectivity index (χ3v) is 1.92. The first kappa shape index (κ1) is 12.2. The fourth-order valence-electron chi connectivity index (χ4n) is 0.972. The van der Waals surface area contributed by atoms with E-state index in [0.29, 0.717) is 5.75 Å². The van der Waals surface area contributed by atoms with Gasteiger partial charge in [0.05, 0.1) is 13.3 Å². The normalized spacial score (nSPS) is 10.1. The number of benzene rings is 1. The number of rotatable bonds is 3. The number of ether oxygens (including phenoxy) is 1. The molecule has 16 heavy (non-hydrogen) atoms. The Bertz CT molecular complexity index is 408. The SMILES string of the molecule is COc1cc(/C=N/NC(=S)NN)ccc1O. The molecule has 1 aromatic carbocycles. The number of hydrogen-bond acceptors (Lipinski definition) is 5.